The van der Waals surface area contributed by atoms with E-state index in [0.29, 0.717) is 5.92 Å². The molecule has 0 aromatic rings. The minimum atomic E-state index is -0.0405. The van der Waals surface area contributed by atoms with E-state index in [4.69, 9.17) is 0 Å². The van der Waals surface area contributed by atoms with Crippen LogP contribution in [0.5, 0.6) is 0 Å². The Morgan fingerprint density at radius 3 is 2.77 bits per heavy atom. The SMILES string of the molecule is CCCNC(=O)NC(C)C1CNC1. The summed E-state index contributed by atoms with van der Waals surface area (Å²) in [5, 5.41) is 8.91. The molecular formula is C9H19N3O. The molecule has 0 saturated carbocycles. The molecule has 0 bridgehead atoms. The van der Waals surface area contributed by atoms with Crippen molar-refractivity contribution in [1.29, 1.82) is 0 Å². The van der Waals surface area contributed by atoms with E-state index < -0.39 is 0 Å². The lowest BCUT2D eigenvalue weighted by molar-refractivity contribution is 0.222. The van der Waals surface area contributed by atoms with E-state index in [-0.39, 0.29) is 12.1 Å². The molecule has 1 atom stereocenters. The lowest BCUT2D eigenvalue weighted by Gasteiger charge is -2.32. The van der Waals surface area contributed by atoms with Crippen LogP contribution in [0.15, 0.2) is 0 Å². The van der Waals surface area contributed by atoms with Crippen LogP contribution >= 0.6 is 0 Å². The summed E-state index contributed by atoms with van der Waals surface area (Å²) >= 11 is 0. The van der Waals surface area contributed by atoms with E-state index in [0.717, 1.165) is 26.1 Å². The normalized spacial score (nSPS) is 18.9. The summed E-state index contributed by atoms with van der Waals surface area (Å²) in [5.74, 6) is 0.604. The Bertz CT molecular complexity index is 168. The lowest BCUT2D eigenvalue weighted by Crippen LogP contribution is -2.54. The molecule has 1 heterocycles. The monoisotopic (exact) mass is 185 g/mol. The molecule has 1 fully saturated rings. The third-order valence-corrected chi connectivity index (χ3v) is 2.41. The van der Waals surface area contributed by atoms with Crippen molar-refractivity contribution in [2.24, 2.45) is 5.92 Å². The number of amides is 2. The molecule has 2 amide bonds. The van der Waals surface area contributed by atoms with E-state index >= 15 is 0 Å². The summed E-state index contributed by atoms with van der Waals surface area (Å²) < 4.78 is 0. The highest BCUT2D eigenvalue weighted by Crippen LogP contribution is 2.07. The van der Waals surface area contributed by atoms with Gasteiger partial charge in [0.1, 0.15) is 0 Å². The van der Waals surface area contributed by atoms with Gasteiger partial charge >= 0.3 is 6.03 Å². The molecule has 0 spiro atoms. The van der Waals surface area contributed by atoms with Gasteiger partial charge in [0.2, 0.25) is 0 Å². The smallest absolute Gasteiger partial charge is 0.315 e. The average Bonchev–Trinajstić information content (AvgIpc) is 1.97. The highest BCUT2D eigenvalue weighted by molar-refractivity contribution is 5.74. The van der Waals surface area contributed by atoms with Crippen molar-refractivity contribution < 1.29 is 4.79 Å². The van der Waals surface area contributed by atoms with Crippen molar-refractivity contribution in [3.63, 3.8) is 0 Å². The van der Waals surface area contributed by atoms with Crippen LogP contribution in [-0.2, 0) is 0 Å². The molecule has 0 aliphatic carbocycles. The third-order valence-electron chi connectivity index (χ3n) is 2.41. The summed E-state index contributed by atoms with van der Waals surface area (Å²) in [6.07, 6.45) is 0.979. The Kier molecular flexibility index (Phi) is 4.02. The van der Waals surface area contributed by atoms with Gasteiger partial charge in [-0.15, -0.1) is 0 Å². The van der Waals surface area contributed by atoms with Gasteiger partial charge in [0, 0.05) is 31.6 Å². The number of nitrogens with one attached hydrogen (secondary N) is 3. The van der Waals surface area contributed by atoms with Crippen LogP contribution in [0, 0.1) is 5.92 Å². The van der Waals surface area contributed by atoms with Crippen molar-refractivity contribution in [2.75, 3.05) is 19.6 Å². The van der Waals surface area contributed by atoms with Crippen molar-refractivity contribution in [2.45, 2.75) is 26.3 Å². The largest absolute Gasteiger partial charge is 0.338 e. The molecule has 4 nitrogen and oxygen atoms in total. The molecule has 13 heavy (non-hydrogen) atoms. The maximum Gasteiger partial charge on any atom is 0.315 e. The van der Waals surface area contributed by atoms with Crippen LogP contribution in [0.25, 0.3) is 0 Å². The maximum absolute atomic E-state index is 11.2. The van der Waals surface area contributed by atoms with E-state index in [1.54, 1.807) is 0 Å². The molecule has 0 aromatic carbocycles. The topological polar surface area (TPSA) is 53.2 Å². The highest BCUT2D eigenvalue weighted by Gasteiger charge is 2.24. The molecule has 0 radical (unpaired) electrons. The number of carbonyl (C=O) groups excluding carboxylic acids is 1. The van der Waals surface area contributed by atoms with Crippen molar-refractivity contribution in [3.05, 3.63) is 0 Å². The predicted molar refractivity (Wildman–Crippen MR) is 52.6 cm³/mol. The summed E-state index contributed by atoms with van der Waals surface area (Å²) in [7, 11) is 0. The Morgan fingerprint density at radius 2 is 2.31 bits per heavy atom. The zero-order valence-electron chi connectivity index (χ0n) is 8.39. The first-order valence-corrected chi connectivity index (χ1v) is 4.99. The second-order valence-electron chi connectivity index (χ2n) is 3.61. The van der Waals surface area contributed by atoms with Crippen LogP contribution in [0.3, 0.4) is 0 Å². The third kappa shape index (κ3) is 3.22. The van der Waals surface area contributed by atoms with Crippen molar-refractivity contribution >= 4 is 6.03 Å². The fourth-order valence-electron chi connectivity index (χ4n) is 1.28. The standard InChI is InChI=1S/C9H19N3O/c1-3-4-11-9(13)12-7(2)8-5-10-6-8/h7-8,10H,3-6H2,1-2H3,(H2,11,12,13). The molecule has 4 heteroatoms. The summed E-state index contributed by atoms with van der Waals surface area (Å²) in [5.41, 5.74) is 0. The summed E-state index contributed by atoms with van der Waals surface area (Å²) in [6.45, 7) is 6.89. The Balaban J connectivity index is 2.11. The molecular weight excluding hydrogens is 166 g/mol. The van der Waals surface area contributed by atoms with Crippen LogP contribution < -0.4 is 16.0 Å². The zero-order chi connectivity index (χ0) is 9.68. The second-order valence-corrected chi connectivity index (χ2v) is 3.61. The van der Waals surface area contributed by atoms with Gasteiger partial charge in [-0.25, -0.2) is 4.79 Å². The second kappa shape index (κ2) is 5.07. The quantitative estimate of drug-likeness (QED) is 0.590. The number of hydrogen-bond donors (Lipinski definition) is 3. The van der Waals surface area contributed by atoms with Gasteiger partial charge in [0.25, 0.3) is 0 Å². The number of carbonyl (C=O) groups is 1. The van der Waals surface area contributed by atoms with Crippen LogP contribution in [-0.4, -0.2) is 31.7 Å². The van der Waals surface area contributed by atoms with Crippen LogP contribution in [0.2, 0.25) is 0 Å². The van der Waals surface area contributed by atoms with E-state index in [1.165, 1.54) is 0 Å². The van der Waals surface area contributed by atoms with Gasteiger partial charge in [-0.3, -0.25) is 0 Å². The maximum atomic E-state index is 11.2. The average molecular weight is 185 g/mol. The fraction of sp³-hybridized carbons (Fsp3) is 0.889. The van der Waals surface area contributed by atoms with Gasteiger partial charge < -0.3 is 16.0 Å². The molecule has 3 N–H and O–H groups in total. The van der Waals surface area contributed by atoms with Gasteiger partial charge in [-0.1, -0.05) is 6.92 Å². The van der Waals surface area contributed by atoms with Gasteiger partial charge in [-0.2, -0.15) is 0 Å². The van der Waals surface area contributed by atoms with Crippen LogP contribution in [0.4, 0.5) is 4.79 Å². The van der Waals surface area contributed by atoms with E-state index in [2.05, 4.69) is 22.9 Å². The predicted octanol–water partition coefficient (Wildman–Crippen LogP) is 0.304. The molecule has 1 rings (SSSR count). The first-order valence-electron chi connectivity index (χ1n) is 4.99. The first kappa shape index (κ1) is 10.3. The molecule has 1 saturated heterocycles. The molecule has 1 aliphatic heterocycles. The zero-order valence-corrected chi connectivity index (χ0v) is 8.39. The molecule has 1 unspecified atom stereocenters. The van der Waals surface area contributed by atoms with Crippen LogP contribution in [0.1, 0.15) is 20.3 Å². The summed E-state index contributed by atoms with van der Waals surface area (Å²) in [4.78, 5) is 11.2. The van der Waals surface area contributed by atoms with Gasteiger partial charge in [0.05, 0.1) is 0 Å². The van der Waals surface area contributed by atoms with Crippen molar-refractivity contribution in [3.8, 4) is 0 Å². The minimum Gasteiger partial charge on any atom is -0.338 e. The van der Waals surface area contributed by atoms with Gasteiger partial charge in [-0.05, 0) is 13.3 Å². The first-order chi connectivity index (χ1) is 6.24. The Morgan fingerprint density at radius 1 is 1.62 bits per heavy atom. The number of rotatable bonds is 4. The molecule has 76 valence electrons. The van der Waals surface area contributed by atoms with Crippen molar-refractivity contribution in [1.82, 2.24) is 16.0 Å². The van der Waals surface area contributed by atoms with Gasteiger partial charge in [0.15, 0.2) is 0 Å². The fourth-order valence-corrected chi connectivity index (χ4v) is 1.28. The minimum absolute atomic E-state index is 0.0405. The number of hydrogen-bond acceptors (Lipinski definition) is 2. The summed E-state index contributed by atoms with van der Waals surface area (Å²) in [6, 6.07) is 0.236. The van der Waals surface area contributed by atoms with E-state index in [9.17, 15) is 4.79 Å². The Labute approximate surface area is 79.5 Å². The molecule has 1 aliphatic rings. The molecule has 0 aromatic heterocycles. The number of urea groups is 1. The highest BCUT2D eigenvalue weighted by atomic mass is 16.2. The lowest BCUT2D eigenvalue weighted by atomic mass is 9.95. The Hall–Kier alpha value is -0.770. The van der Waals surface area contributed by atoms with E-state index in [1.807, 2.05) is 6.92 Å².